The van der Waals surface area contributed by atoms with Crippen molar-refractivity contribution in [1.29, 1.82) is 5.26 Å². The third kappa shape index (κ3) is 3.08. The highest BCUT2D eigenvalue weighted by Crippen LogP contribution is 2.43. The molecule has 0 saturated heterocycles. The summed E-state index contributed by atoms with van der Waals surface area (Å²) in [5.74, 6) is 0.898. The Morgan fingerprint density at radius 2 is 2.20 bits per heavy atom. The monoisotopic (exact) mass is 339 g/mol. The molecule has 108 valence electrons. The molecule has 2 atom stereocenters. The molecule has 0 aliphatic heterocycles. The first kappa shape index (κ1) is 15.1. The molecule has 0 heterocycles. The van der Waals surface area contributed by atoms with Crippen LogP contribution in [0.3, 0.4) is 0 Å². The van der Waals surface area contributed by atoms with Crippen molar-refractivity contribution < 1.29 is 14.6 Å². The lowest BCUT2D eigenvalue weighted by Crippen LogP contribution is -2.19. The smallest absolute Gasteiger partial charge is 0.175 e. The summed E-state index contributed by atoms with van der Waals surface area (Å²) in [6.45, 7) is 2.43. The van der Waals surface area contributed by atoms with Crippen molar-refractivity contribution in [3.05, 3.63) is 22.2 Å². The first-order chi connectivity index (χ1) is 9.62. The fraction of sp³-hybridized carbons (Fsp3) is 0.533. The molecule has 0 radical (unpaired) electrons. The SMILES string of the molecule is CCOc1c(Br)cc(C(C#N)C(O)C2CC2)cc1OC. The minimum atomic E-state index is -0.616. The molecule has 1 aromatic rings. The van der Waals surface area contributed by atoms with E-state index in [1.54, 1.807) is 13.2 Å². The van der Waals surface area contributed by atoms with Gasteiger partial charge in [-0.3, -0.25) is 0 Å². The van der Waals surface area contributed by atoms with Crippen molar-refractivity contribution in [3.8, 4) is 17.6 Å². The molecule has 1 aliphatic carbocycles. The molecule has 1 N–H and O–H groups in total. The molecule has 1 aromatic carbocycles. The highest BCUT2D eigenvalue weighted by molar-refractivity contribution is 9.10. The molecule has 1 fully saturated rings. The molecule has 1 saturated carbocycles. The van der Waals surface area contributed by atoms with E-state index in [-0.39, 0.29) is 5.92 Å². The average molecular weight is 340 g/mol. The van der Waals surface area contributed by atoms with E-state index in [1.165, 1.54) is 0 Å². The van der Waals surface area contributed by atoms with Crippen molar-refractivity contribution in [2.45, 2.75) is 31.8 Å². The molecular weight excluding hydrogens is 322 g/mol. The van der Waals surface area contributed by atoms with Crippen molar-refractivity contribution in [1.82, 2.24) is 0 Å². The van der Waals surface area contributed by atoms with Crippen LogP contribution in [0.25, 0.3) is 0 Å². The van der Waals surface area contributed by atoms with Gasteiger partial charge in [0.2, 0.25) is 0 Å². The first-order valence-electron chi connectivity index (χ1n) is 6.70. The van der Waals surface area contributed by atoms with Crippen LogP contribution in [0.2, 0.25) is 0 Å². The number of hydrogen-bond donors (Lipinski definition) is 1. The number of aliphatic hydroxyl groups excluding tert-OH is 1. The van der Waals surface area contributed by atoms with Crippen LogP contribution in [0.5, 0.6) is 11.5 Å². The van der Waals surface area contributed by atoms with Gasteiger partial charge in [-0.25, -0.2) is 0 Å². The maximum Gasteiger partial charge on any atom is 0.175 e. The van der Waals surface area contributed by atoms with Crippen LogP contribution >= 0.6 is 15.9 Å². The fourth-order valence-electron chi connectivity index (χ4n) is 2.26. The van der Waals surface area contributed by atoms with Gasteiger partial charge in [0.1, 0.15) is 0 Å². The Hall–Kier alpha value is -1.25. The summed E-state index contributed by atoms with van der Waals surface area (Å²) >= 11 is 3.44. The molecule has 20 heavy (non-hydrogen) atoms. The van der Waals surface area contributed by atoms with E-state index in [0.29, 0.717) is 18.1 Å². The molecule has 5 heteroatoms. The van der Waals surface area contributed by atoms with Gasteiger partial charge in [-0.1, -0.05) is 0 Å². The lowest BCUT2D eigenvalue weighted by atomic mass is 9.92. The predicted octanol–water partition coefficient (Wildman–Crippen LogP) is 3.23. The summed E-state index contributed by atoms with van der Waals surface area (Å²) in [5.41, 5.74) is 0.749. The van der Waals surface area contributed by atoms with Crippen molar-refractivity contribution in [2.75, 3.05) is 13.7 Å². The van der Waals surface area contributed by atoms with Crippen LogP contribution in [0.1, 0.15) is 31.2 Å². The molecular formula is C15H18BrNO3. The molecule has 4 nitrogen and oxygen atoms in total. The number of methoxy groups -OCH3 is 1. The number of aliphatic hydroxyl groups is 1. The van der Waals surface area contributed by atoms with E-state index in [0.717, 1.165) is 22.9 Å². The van der Waals surface area contributed by atoms with Gasteiger partial charge in [0.25, 0.3) is 0 Å². The molecule has 2 unspecified atom stereocenters. The van der Waals surface area contributed by atoms with E-state index in [1.807, 2.05) is 13.0 Å². The largest absolute Gasteiger partial charge is 0.493 e. The van der Waals surface area contributed by atoms with E-state index < -0.39 is 12.0 Å². The Morgan fingerprint density at radius 1 is 1.50 bits per heavy atom. The number of hydrogen-bond acceptors (Lipinski definition) is 4. The van der Waals surface area contributed by atoms with Crippen molar-refractivity contribution >= 4 is 15.9 Å². The topological polar surface area (TPSA) is 62.5 Å². The molecule has 2 rings (SSSR count). The predicted molar refractivity (Wildman–Crippen MR) is 78.9 cm³/mol. The van der Waals surface area contributed by atoms with Gasteiger partial charge in [0, 0.05) is 0 Å². The summed E-state index contributed by atoms with van der Waals surface area (Å²) in [6.07, 6.45) is 1.37. The van der Waals surface area contributed by atoms with E-state index in [9.17, 15) is 10.4 Å². The average Bonchev–Trinajstić information content (AvgIpc) is 3.26. The summed E-state index contributed by atoms with van der Waals surface area (Å²) in [5, 5.41) is 19.6. The van der Waals surface area contributed by atoms with E-state index in [4.69, 9.17) is 9.47 Å². The van der Waals surface area contributed by atoms with E-state index >= 15 is 0 Å². The zero-order valence-corrected chi connectivity index (χ0v) is 13.2. The van der Waals surface area contributed by atoms with Gasteiger partial charge in [-0.2, -0.15) is 5.26 Å². The number of rotatable bonds is 6. The van der Waals surface area contributed by atoms with Crippen molar-refractivity contribution in [2.24, 2.45) is 5.92 Å². The van der Waals surface area contributed by atoms with Gasteiger partial charge >= 0.3 is 0 Å². The maximum atomic E-state index is 10.2. The summed E-state index contributed by atoms with van der Waals surface area (Å²) in [4.78, 5) is 0. The van der Waals surface area contributed by atoms with Crippen LogP contribution in [0.4, 0.5) is 0 Å². The van der Waals surface area contributed by atoms with Gasteiger partial charge in [0.05, 0.1) is 36.3 Å². The molecule has 0 aromatic heterocycles. The zero-order chi connectivity index (χ0) is 14.7. The lowest BCUT2D eigenvalue weighted by molar-refractivity contribution is 0.138. The van der Waals surface area contributed by atoms with Gasteiger partial charge in [0.15, 0.2) is 11.5 Å². The number of benzene rings is 1. The van der Waals surface area contributed by atoms with Crippen LogP contribution in [0.15, 0.2) is 16.6 Å². The van der Waals surface area contributed by atoms with Crippen LogP contribution in [-0.4, -0.2) is 24.9 Å². The Morgan fingerprint density at radius 3 is 2.70 bits per heavy atom. The fourth-order valence-corrected chi connectivity index (χ4v) is 2.84. The Bertz CT molecular complexity index is 523. The number of nitrogens with zero attached hydrogens (tertiary/aromatic N) is 1. The summed E-state index contributed by atoms with van der Waals surface area (Å²) < 4.78 is 11.6. The molecule has 0 spiro atoms. The minimum Gasteiger partial charge on any atom is -0.493 e. The standard InChI is InChI=1S/C15H18BrNO3/c1-3-20-15-12(16)6-10(7-13(15)19-2)11(8-17)14(18)9-4-5-9/h6-7,9,11,14,18H,3-5H2,1-2H3. The Kier molecular flexibility index (Phi) is 4.90. The number of ether oxygens (including phenoxy) is 2. The second kappa shape index (κ2) is 6.47. The molecule has 0 bridgehead atoms. The van der Waals surface area contributed by atoms with Gasteiger partial charge < -0.3 is 14.6 Å². The third-order valence-electron chi connectivity index (χ3n) is 3.49. The Balaban J connectivity index is 2.36. The first-order valence-corrected chi connectivity index (χ1v) is 7.49. The Labute approximate surface area is 127 Å². The van der Waals surface area contributed by atoms with Gasteiger partial charge in [-0.05, 0) is 59.3 Å². The highest BCUT2D eigenvalue weighted by Gasteiger charge is 2.36. The number of halogens is 1. The summed E-state index contributed by atoms with van der Waals surface area (Å²) in [7, 11) is 1.56. The van der Waals surface area contributed by atoms with Crippen LogP contribution in [-0.2, 0) is 0 Å². The zero-order valence-electron chi connectivity index (χ0n) is 11.6. The second-order valence-electron chi connectivity index (χ2n) is 4.90. The lowest BCUT2D eigenvalue weighted by Gasteiger charge is -2.19. The molecule has 1 aliphatic rings. The third-order valence-corrected chi connectivity index (χ3v) is 4.07. The maximum absolute atomic E-state index is 10.2. The van der Waals surface area contributed by atoms with Gasteiger partial charge in [-0.15, -0.1) is 0 Å². The van der Waals surface area contributed by atoms with Crippen molar-refractivity contribution in [3.63, 3.8) is 0 Å². The van der Waals surface area contributed by atoms with Crippen LogP contribution in [0, 0.1) is 17.2 Å². The normalized spacial score (nSPS) is 17.1. The summed E-state index contributed by atoms with van der Waals surface area (Å²) in [6, 6.07) is 5.80. The van der Waals surface area contributed by atoms with Crippen LogP contribution < -0.4 is 9.47 Å². The number of nitriles is 1. The quantitative estimate of drug-likeness (QED) is 0.864. The molecule has 0 amide bonds. The highest BCUT2D eigenvalue weighted by atomic mass is 79.9. The van der Waals surface area contributed by atoms with E-state index in [2.05, 4.69) is 22.0 Å². The second-order valence-corrected chi connectivity index (χ2v) is 5.76. The minimum absolute atomic E-state index is 0.246.